The first-order valence-corrected chi connectivity index (χ1v) is 10.0. The number of pyridine rings is 1. The summed E-state index contributed by atoms with van der Waals surface area (Å²) in [6, 6.07) is 22.4. The molecule has 0 aliphatic carbocycles. The summed E-state index contributed by atoms with van der Waals surface area (Å²) >= 11 is 9.52. The highest BCUT2D eigenvalue weighted by atomic mass is 79.9. The van der Waals surface area contributed by atoms with Crippen LogP contribution in [0.1, 0.15) is 13.8 Å². The van der Waals surface area contributed by atoms with E-state index in [0.29, 0.717) is 0 Å². The second-order valence-corrected chi connectivity index (χ2v) is 7.07. The number of rotatable bonds is 3. The Balaban J connectivity index is 0.00000102. The molecule has 2 aromatic heterocycles. The number of hydrogen-bond donors (Lipinski definition) is 1. The summed E-state index contributed by atoms with van der Waals surface area (Å²) in [6.45, 7) is 4.00. The van der Waals surface area contributed by atoms with E-state index in [1.807, 2.05) is 62.6 Å². The summed E-state index contributed by atoms with van der Waals surface area (Å²) < 4.78 is 1.06. The van der Waals surface area contributed by atoms with Gasteiger partial charge < -0.3 is 4.98 Å². The summed E-state index contributed by atoms with van der Waals surface area (Å²) in [5, 5.41) is 0.734. The predicted molar refractivity (Wildman–Crippen MR) is 119 cm³/mol. The lowest BCUT2D eigenvalue weighted by Gasteiger charge is -2.04. The molecule has 0 spiro atoms. The molecule has 4 rings (SSSR count). The van der Waals surface area contributed by atoms with Gasteiger partial charge in [-0.25, -0.2) is 0 Å². The molecule has 2 nitrogen and oxygen atoms in total. The van der Waals surface area contributed by atoms with Gasteiger partial charge in [-0.15, -0.1) is 0 Å². The van der Waals surface area contributed by atoms with Crippen LogP contribution in [-0.2, 0) is 0 Å². The maximum absolute atomic E-state index is 6.02. The van der Waals surface area contributed by atoms with Crippen molar-refractivity contribution in [2.45, 2.75) is 13.8 Å². The van der Waals surface area contributed by atoms with Crippen LogP contribution >= 0.6 is 27.5 Å². The van der Waals surface area contributed by atoms with E-state index in [1.54, 1.807) is 0 Å². The van der Waals surface area contributed by atoms with Gasteiger partial charge in [0, 0.05) is 38.7 Å². The Morgan fingerprint density at radius 2 is 1.37 bits per heavy atom. The molecule has 2 heterocycles. The van der Waals surface area contributed by atoms with Gasteiger partial charge in [0.15, 0.2) is 0 Å². The molecular formula is C23H20BrClN2. The standard InChI is InChI=1S/C21H14BrClN2.C2H6/c22-17-5-1-14(2-6-17)19-13-20(15-3-7-18(23)8-4-15)25-21(19)16-9-11-24-12-10-16;1-2/h1-13,25H;1-2H3. The highest BCUT2D eigenvalue weighted by molar-refractivity contribution is 9.10. The van der Waals surface area contributed by atoms with E-state index in [1.165, 1.54) is 0 Å². The molecule has 136 valence electrons. The number of hydrogen-bond acceptors (Lipinski definition) is 1. The number of aromatic amines is 1. The summed E-state index contributed by atoms with van der Waals surface area (Å²) in [4.78, 5) is 7.69. The minimum atomic E-state index is 0.734. The molecule has 0 unspecified atom stereocenters. The van der Waals surface area contributed by atoms with E-state index in [0.717, 1.165) is 43.1 Å². The lowest BCUT2D eigenvalue weighted by molar-refractivity contribution is 1.31. The van der Waals surface area contributed by atoms with Crippen molar-refractivity contribution in [2.75, 3.05) is 0 Å². The number of halogens is 2. The van der Waals surface area contributed by atoms with Crippen LogP contribution < -0.4 is 0 Å². The van der Waals surface area contributed by atoms with Crippen LogP contribution in [-0.4, -0.2) is 9.97 Å². The lowest BCUT2D eigenvalue weighted by atomic mass is 10.0. The van der Waals surface area contributed by atoms with Crippen LogP contribution in [0, 0.1) is 0 Å². The first-order valence-electron chi connectivity index (χ1n) is 8.86. The van der Waals surface area contributed by atoms with E-state index in [2.05, 4.69) is 56.2 Å². The zero-order valence-electron chi connectivity index (χ0n) is 15.2. The minimum Gasteiger partial charge on any atom is -0.354 e. The molecule has 0 radical (unpaired) electrons. The zero-order chi connectivity index (χ0) is 19.2. The highest BCUT2D eigenvalue weighted by Crippen LogP contribution is 2.36. The van der Waals surface area contributed by atoms with Crippen molar-refractivity contribution in [3.8, 4) is 33.6 Å². The molecule has 0 aliphatic heterocycles. The van der Waals surface area contributed by atoms with Crippen LogP contribution in [0.25, 0.3) is 33.6 Å². The fourth-order valence-electron chi connectivity index (χ4n) is 2.84. The van der Waals surface area contributed by atoms with Gasteiger partial charge in [0.05, 0.1) is 5.69 Å². The van der Waals surface area contributed by atoms with Gasteiger partial charge in [0.25, 0.3) is 0 Å². The molecule has 4 heteroatoms. The van der Waals surface area contributed by atoms with E-state index in [9.17, 15) is 0 Å². The molecule has 0 saturated heterocycles. The van der Waals surface area contributed by atoms with Gasteiger partial charge in [0.2, 0.25) is 0 Å². The number of nitrogens with zero attached hydrogens (tertiary/aromatic N) is 1. The Hall–Kier alpha value is -2.36. The molecule has 1 N–H and O–H groups in total. The first kappa shape index (κ1) is 19.4. The average Bonchev–Trinajstić information content (AvgIpc) is 3.17. The third-order valence-corrected chi connectivity index (χ3v) is 4.88. The van der Waals surface area contributed by atoms with Gasteiger partial charge in [0.1, 0.15) is 0 Å². The number of benzene rings is 2. The van der Waals surface area contributed by atoms with Gasteiger partial charge in [-0.05, 0) is 53.6 Å². The molecule has 0 saturated carbocycles. The smallest absolute Gasteiger partial charge is 0.0539 e. The molecule has 2 aromatic carbocycles. The summed E-state index contributed by atoms with van der Waals surface area (Å²) in [5.74, 6) is 0. The second kappa shape index (κ2) is 9.03. The van der Waals surface area contributed by atoms with Crippen LogP contribution in [0.15, 0.2) is 83.6 Å². The third-order valence-electron chi connectivity index (χ3n) is 4.10. The molecule has 0 amide bonds. The molecule has 0 bridgehead atoms. The number of H-pyrrole nitrogens is 1. The average molecular weight is 440 g/mol. The largest absolute Gasteiger partial charge is 0.354 e. The summed E-state index contributed by atoms with van der Waals surface area (Å²) in [6.07, 6.45) is 3.62. The van der Waals surface area contributed by atoms with Crippen LogP contribution in [0.5, 0.6) is 0 Å². The van der Waals surface area contributed by atoms with Crippen molar-refractivity contribution < 1.29 is 0 Å². The van der Waals surface area contributed by atoms with E-state index >= 15 is 0 Å². The zero-order valence-corrected chi connectivity index (χ0v) is 17.6. The van der Waals surface area contributed by atoms with E-state index in [-0.39, 0.29) is 0 Å². The monoisotopic (exact) mass is 438 g/mol. The van der Waals surface area contributed by atoms with Crippen LogP contribution in [0.2, 0.25) is 5.02 Å². The van der Waals surface area contributed by atoms with Gasteiger partial charge >= 0.3 is 0 Å². The maximum atomic E-state index is 6.02. The molecule has 27 heavy (non-hydrogen) atoms. The van der Waals surface area contributed by atoms with Crippen molar-refractivity contribution in [3.05, 3.63) is 88.6 Å². The van der Waals surface area contributed by atoms with Crippen molar-refractivity contribution in [1.29, 1.82) is 0 Å². The fourth-order valence-corrected chi connectivity index (χ4v) is 3.23. The Morgan fingerprint density at radius 3 is 2.00 bits per heavy atom. The normalized spacial score (nSPS) is 10.2. The predicted octanol–water partition coefficient (Wildman–Crippen LogP) is 7.85. The van der Waals surface area contributed by atoms with Crippen molar-refractivity contribution in [1.82, 2.24) is 9.97 Å². The van der Waals surface area contributed by atoms with Gasteiger partial charge in [-0.1, -0.05) is 65.6 Å². The van der Waals surface area contributed by atoms with Crippen molar-refractivity contribution in [3.63, 3.8) is 0 Å². The quantitative estimate of drug-likeness (QED) is 0.346. The molecule has 0 atom stereocenters. The van der Waals surface area contributed by atoms with E-state index < -0.39 is 0 Å². The van der Waals surface area contributed by atoms with Gasteiger partial charge in [-0.3, -0.25) is 4.98 Å². The SMILES string of the molecule is CC.Clc1ccc(-c2cc(-c3ccc(Br)cc3)c(-c3ccncc3)[nH]2)cc1. The Labute approximate surface area is 173 Å². The minimum absolute atomic E-state index is 0.734. The highest BCUT2D eigenvalue weighted by Gasteiger charge is 2.13. The van der Waals surface area contributed by atoms with Crippen molar-refractivity contribution >= 4 is 27.5 Å². The number of aromatic nitrogens is 2. The Bertz CT molecular complexity index is 991. The topological polar surface area (TPSA) is 28.7 Å². The fraction of sp³-hybridized carbons (Fsp3) is 0.0870. The van der Waals surface area contributed by atoms with Gasteiger partial charge in [-0.2, -0.15) is 0 Å². The lowest BCUT2D eigenvalue weighted by Crippen LogP contribution is -1.83. The Morgan fingerprint density at radius 1 is 0.778 bits per heavy atom. The third kappa shape index (κ3) is 4.49. The van der Waals surface area contributed by atoms with Crippen LogP contribution in [0.3, 0.4) is 0 Å². The van der Waals surface area contributed by atoms with Crippen LogP contribution in [0.4, 0.5) is 0 Å². The number of nitrogens with one attached hydrogen (secondary N) is 1. The molecule has 4 aromatic rings. The maximum Gasteiger partial charge on any atom is 0.0539 e. The molecular weight excluding hydrogens is 420 g/mol. The molecule has 0 fully saturated rings. The van der Waals surface area contributed by atoms with Crippen molar-refractivity contribution in [2.24, 2.45) is 0 Å². The molecule has 0 aliphatic rings. The summed E-state index contributed by atoms with van der Waals surface area (Å²) in [5.41, 5.74) is 6.65. The second-order valence-electron chi connectivity index (χ2n) is 5.72. The van der Waals surface area contributed by atoms with E-state index in [4.69, 9.17) is 11.6 Å². The summed E-state index contributed by atoms with van der Waals surface area (Å²) in [7, 11) is 0. The Kier molecular flexibility index (Phi) is 6.49. The first-order chi connectivity index (χ1) is 13.2.